The maximum absolute atomic E-state index is 13.9. The van der Waals surface area contributed by atoms with Crippen molar-refractivity contribution >= 4 is 0 Å². The van der Waals surface area contributed by atoms with E-state index in [1.165, 1.54) is 35.4 Å². The summed E-state index contributed by atoms with van der Waals surface area (Å²) in [5.74, 6) is -0.576. The molecule has 3 nitrogen and oxygen atoms in total. The predicted octanol–water partition coefficient (Wildman–Crippen LogP) is 5.30. The van der Waals surface area contributed by atoms with Crippen LogP contribution in [0.3, 0.4) is 0 Å². The summed E-state index contributed by atoms with van der Waals surface area (Å²) in [4.78, 5) is 0. The van der Waals surface area contributed by atoms with Crippen LogP contribution in [0.2, 0.25) is 0 Å². The quantitative estimate of drug-likeness (QED) is 0.583. The first-order valence-electron chi connectivity index (χ1n) is 7.83. The van der Waals surface area contributed by atoms with Gasteiger partial charge in [-0.15, -0.1) is 0 Å². The van der Waals surface area contributed by atoms with Crippen LogP contribution < -0.4 is 5.73 Å². The van der Waals surface area contributed by atoms with E-state index in [1.54, 1.807) is 6.07 Å². The van der Waals surface area contributed by atoms with Gasteiger partial charge in [0.25, 0.3) is 0 Å². The van der Waals surface area contributed by atoms with Gasteiger partial charge in [0.15, 0.2) is 5.69 Å². The molecule has 0 amide bonds. The first-order valence-corrected chi connectivity index (χ1v) is 7.83. The van der Waals surface area contributed by atoms with E-state index in [0.29, 0.717) is 5.56 Å². The molecule has 1 aromatic heterocycles. The Morgan fingerprint density at radius 2 is 1.46 bits per heavy atom. The average molecular weight is 403 g/mol. The van der Waals surface area contributed by atoms with Crippen molar-refractivity contribution in [2.75, 3.05) is 0 Å². The Kier molecular flexibility index (Phi) is 4.92. The molecule has 0 aliphatic carbocycles. The Morgan fingerprint density at radius 1 is 0.857 bits per heavy atom. The minimum Gasteiger partial charge on any atom is -0.320 e. The van der Waals surface area contributed by atoms with Crippen molar-refractivity contribution in [2.24, 2.45) is 5.73 Å². The van der Waals surface area contributed by atoms with Gasteiger partial charge in [-0.25, -0.2) is 4.39 Å². The molecule has 2 aromatic carbocycles. The molecule has 0 saturated carbocycles. The second-order valence-corrected chi connectivity index (χ2v) is 5.94. The van der Waals surface area contributed by atoms with Gasteiger partial charge < -0.3 is 5.73 Å². The minimum atomic E-state index is -5.09. The van der Waals surface area contributed by atoms with Gasteiger partial charge in [-0.2, -0.15) is 31.4 Å². The molecule has 0 aliphatic rings. The third-order valence-corrected chi connectivity index (χ3v) is 4.12. The fourth-order valence-corrected chi connectivity index (χ4v) is 2.80. The number of hydrogen-bond acceptors (Lipinski definition) is 2. The molecule has 148 valence electrons. The molecule has 0 fully saturated rings. The lowest BCUT2D eigenvalue weighted by atomic mass is 9.95. The Morgan fingerprint density at radius 3 is 2.00 bits per heavy atom. The zero-order valence-electron chi connectivity index (χ0n) is 13.9. The van der Waals surface area contributed by atoms with Crippen LogP contribution in [0.4, 0.5) is 30.7 Å². The average Bonchev–Trinajstić information content (AvgIpc) is 3.07. The number of nitrogens with zero attached hydrogens (tertiary/aromatic N) is 1. The van der Waals surface area contributed by atoms with Crippen molar-refractivity contribution in [1.29, 1.82) is 0 Å². The van der Waals surface area contributed by atoms with E-state index in [0.717, 1.165) is 12.1 Å². The molecule has 3 aromatic rings. The van der Waals surface area contributed by atoms with E-state index in [9.17, 15) is 30.7 Å². The summed E-state index contributed by atoms with van der Waals surface area (Å²) in [6, 6.07) is 9.34. The summed E-state index contributed by atoms with van der Waals surface area (Å²) in [5.41, 5.74) is 1.69. The minimum absolute atomic E-state index is 0.144. The van der Waals surface area contributed by atoms with Crippen molar-refractivity contribution in [3.8, 4) is 11.1 Å². The summed E-state index contributed by atoms with van der Waals surface area (Å²) in [7, 11) is 0. The lowest BCUT2D eigenvalue weighted by Gasteiger charge is -2.15. The molecule has 1 atom stereocenters. The molecule has 3 rings (SSSR count). The van der Waals surface area contributed by atoms with Gasteiger partial charge in [0.05, 0.1) is 6.04 Å². The maximum atomic E-state index is 13.9. The first-order chi connectivity index (χ1) is 13.0. The molecule has 28 heavy (non-hydrogen) atoms. The largest absolute Gasteiger partial charge is 0.435 e. The molecule has 10 heteroatoms. The number of nitrogens with two attached hydrogens (primary N) is 1. The molecule has 1 unspecified atom stereocenters. The van der Waals surface area contributed by atoms with E-state index < -0.39 is 41.2 Å². The number of alkyl halides is 6. The molecule has 0 aliphatic heterocycles. The van der Waals surface area contributed by atoms with Crippen molar-refractivity contribution in [3.05, 3.63) is 76.9 Å². The monoisotopic (exact) mass is 403 g/mol. The normalized spacial score (nSPS) is 13.6. The second-order valence-electron chi connectivity index (χ2n) is 5.94. The Labute approximate surface area is 154 Å². The zero-order chi connectivity index (χ0) is 20.7. The third kappa shape index (κ3) is 3.72. The van der Waals surface area contributed by atoms with E-state index in [-0.39, 0.29) is 11.1 Å². The number of aromatic nitrogens is 2. The smallest absolute Gasteiger partial charge is 0.320 e. The van der Waals surface area contributed by atoms with Crippen LogP contribution in [0.5, 0.6) is 0 Å². The van der Waals surface area contributed by atoms with Gasteiger partial charge in [0.1, 0.15) is 11.5 Å². The maximum Gasteiger partial charge on any atom is 0.435 e. The highest BCUT2D eigenvalue weighted by molar-refractivity contribution is 5.70. The van der Waals surface area contributed by atoms with Gasteiger partial charge in [0.2, 0.25) is 0 Å². The summed E-state index contributed by atoms with van der Waals surface area (Å²) in [5, 5.41) is 4.22. The fraction of sp³-hybridized carbons (Fsp3) is 0.167. The zero-order valence-corrected chi connectivity index (χ0v) is 13.9. The summed E-state index contributed by atoms with van der Waals surface area (Å²) < 4.78 is 92.5. The van der Waals surface area contributed by atoms with Gasteiger partial charge in [-0.1, -0.05) is 42.5 Å². The SMILES string of the molecule is NC(c1ccc(-c2c(C(F)(F)F)n[nH]c2C(F)(F)F)cc1)c1ccccc1F. The molecule has 0 bridgehead atoms. The molecular formula is C18H12F7N3. The highest BCUT2D eigenvalue weighted by atomic mass is 19.4. The van der Waals surface area contributed by atoms with Gasteiger partial charge >= 0.3 is 12.4 Å². The molecular weight excluding hydrogens is 391 g/mol. The lowest BCUT2D eigenvalue weighted by Crippen LogP contribution is -2.13. The Hall–Kier alpha value is -2.88. The van der Waals surface area contributed by atoms with Crippen LogP contribution in [-0.2, 0) is 12.4 Å². The fourth-order valence-electron chi connectivity index (χ4n) is 2.80. The highest BCUT2D eigenvalue weighted by Gasteiger charge is 2.44. The number of nitrogens with one attached hydrogen (secondary N) is 1. The van der Waals surface area contributed by atoms with Crippen molar-refractivity contribution in [3.63, 3.8) is 0 Å². The predicted molar refractivity (Wildman–Crippen MR) is 86.5 cm³/mol. The number of benzene rings is 2. The van der Waals surface area contributed by atoms with Crippen molar-refractivity contribution in [2.45, 2.75) is 18.4 Å². The topological polar surface area (TPSA) is 54.7 Å². The number of H-pyrrole nitrogens is 1. The van der Waals surface area contributed by atoms with Gasteiger partial charge in [0, 0.05) is 11.1 Å². The van der Waals surface area contributed by atoms with E-state index in [4.69, 9.17) is 5.73 Å². The van der Waals surface area contributed by atoms with Crippen LogP contribution >= 0.6 is 0 Å². The van der Waals surface area contributed by atoms with E-state index in [1.807, 2.05) is 0 Å². The van der Waals surface area contributed by atoms with Crippen LogP contribution in [-0.4, -0.2) is 10.2 Å². The molecule has 0 spiro atoms. The third-order valence-electron chi connectivity index (χ3n) is 4.12. The molecule has 3 N–H and O–H groups in total. The standard InChI is InChI=1S/C18H12F7N3/c19-12-4-2-1-3-11(12)14(26)10-7-5-9(6-8-10)13-15(17(20,21)22)27-28-16(13)18(23,24)25/h1-8,14H,26H2,(H,27,28). The number of rotatable bonds is 3. The number of hydrogen-bond donors (Lipinski definition) is 2. The molecule has 1 heterocycles. The molecule has 0 radical (unpaired) electrons. The number of aromatic amines is 1. The second kappa shape index (κ2) is 6.93. The van der Waals surface area contributed by atoms with Crippen LogP contribution in [0, 0.1) is 5.82 Å². The van der Waals surface area contributed by atoms with Crippen LogP contribution in [0.1, 0.15) is 28.6 Å². The van der Waals surface area contributed by atoms with Crippen molar-refractivity contribution in [1.82, 2.24) is 10.2 Å². The lowest BCUT2D eigenvalue weighted by molar-refractivity contribution is -0.142. The summed E-state index contributed by atoms with van der Waals surface area (Å²) in [6.07, 6.45) is -10.1. The number of halogens is 7. The molecule has 0 saturated heterocycles. The van der Waals surface area contributed by atoms with Gasteiger partial charge in [-0.05, 0) is 17.2 Å². The van der Waals surface area contributed by atoms with Crippen LogP contribution in [0.15, 0.2) is 48.5 Å². The van der Waals surface area contributed by atoms with E-state index >= 15 is 0 Å². The summed E-state index contributed by atoms with van der Waals surface area (Å²) >= 11 is 0. The van der Waals surface area contributed by atoms with Crippen molar-refractivity contribution < 1.29 is 30.7 Å². The Balaban J connectivity index is 2.05. The van der Waals surface area contributed by atoms with Gasteiger partial charge in [-0.3, -0.25) is 5.10 Å². The first kappa shape index (κ1) is 19.9. The Bertz CT molecular complexity index is 941. The highest BCUT2D eigenvalue weighted by Crippen LogP contribution is 2.43. The van der Waals surface area contributed by atoms with Crippen LogP contribution in [0.25, 0.3) is 11.1 Å². The van der Waals surface area contributed by atoms with E-state index in [2.05, 4.69) is 5.10 Å². The summed E-state index contributed by atoms with van der Waals surface area (Å²) in [6.45, 7) is 0.